The lowest BCUT2D eigenvalue weighted by Crippen LogP contribution is -2.14. The van der Waals surface area contributed by atoms with Gasteiger partial charge < -0.3 is 10.4 Å². The fraction of sp³-hybridized carbons (Fsp3) is 0.0870. The molecule has 3 aromatic carbocycles. The number of non-ortho nitro benzene ring substituents is 1. The molecule has 4 aromatic rings. The highest BCUT2D eigenvalue weighted by atomic mass is 32.2. The van der Waals surface area contributed by atoms with Crippen LogP contribution in [0.4, 0.5) is 11.4 Å². The molecule has 0 unspecified atom stereocenters. The predicted octanol–water partition coefficient (Wildman–Crippen LogP) is 4.34. The molecule has 166 valence electrons. The van der Waals surface area contributed by atoms with Gasteiger partial charge in [-0.25, -0.2) is 0 Å². The number of nitro groups is 1. The molecule has 0 saturated carbocycles. The number of nitrogens with one attached hydrogen (secondary N) is 1. The van der Waals surface area contributed by atoms with Crippen LogP contribution in [0.2, 0.25) is 0 Å². The summed E-state index contributed by atoms with van der Waals surface area (Å²) < 4.78 is 1.92. The van der Waals surface area contributed by atoms with Crippen LogP contribution in [0, 0.1) is 10.1 Å². The maximum absolute atomic E-state index is 12.4. The number of hydrogen-bond acceptors (Lipinski definition) is 7. The summed E-state index contributed by atoms with van der Waals surface area (Å²) in [6.45, 7) is 0.510. The number of rotatable bonds is 8. The van der Waals surface area contributed by atoms with E-state index in [0.29, 0.717) is 23.2 Å². The van der Waals surface area contributed by atoms with Crippen LogP contribution in [0.5, 0.6) is 5.75 Å². The van der Waals surface area contributed by atoms with Crippen molar-refractivity contribution in [3.8, 4) is 17.1 Å². The molecule has 0 aliphatic rings. The summed E-state index contributed by atoms with van der Waals surface area (Å²) >= 11 is 1.24. The molecule has 0 radical (unpaired) electrons. The number of hydrogen-bond donors (Lipinski definition) is 2. The summed E-state index contributed by atoms with van der Waals surface area (Å²) in [7, 11) is 0. The molecule has 0 atom stereocenters. The number of anilines is 1. The van der Waals surface area contributed by atoms with E-state index in [1.165, 1.54) is 36.0 Å². The Morgan fingerprint density at radius 3 is 2.36 bits per heavy atom. The second-order valence-corrected chi connectivity index (χ2v) is 8.01. The second-order valence-electron chi connectivity index (χ2n) is 7.07. The van der Waals surface area contributed by atoms with Crippen molar-refractivity contribution in [1.29, 1.82) is 0 Å². The Morgan fingerprint density at radius 1 is 1.00 bits per heavy atom. The first kappa shape index (κ1) is 22.0. The van der Waals surface area contributed by atoms with Crippen LogP contribution in [0.3, 0.4) is 0 Å². The van der Waals surface area contributed by atoms with Gasteiger partial charge in [-0.15, -0.1) is 10.2 Å². The topological polar surface area (TPSA) is 123 Å². The zero-order valence-electron chi connectivity index (χ0n) is 17.3. The molecule has 33 heavy (non-hydrogen) atoms. The summed E-state index contributed by atoms with van der Waals surface area (Å²) in [6.07, 6.45) is 0. The minimum Gasteiger partial charge on any atom is -0.508 e. The van der Waals surface area contributed by atoms with E-state index < -0.39 is 4.92 Å². The molecule has 9 nitrogen and oxygen atoms in total. The van der Waals surface area contributed by atoms with Crippen molar-refractivity contribution in [1.82, 2.24) is 14.8 Å². The maximum atomic E-state index is 12.4. The summed E-state index contributed by atoms with van der Waals surface area (Å²) in [5, 5.41) is 32.3. The number of phenols is 1. The van der Waals surface area contributed by atoms with E-state index in [1.807, 2.05) is 34.9 Å². The Kier molecular flexibility index (Phi) is 6.65. The van der Waals surface area contributed by atoms with Gasteiger partial charge in [-0.05, 0) is 42.0 Å². The smallest absolute Gasteiger partial charge is 0.269 e. The van der Waals surface area contributed by atoms with Crippen LogP contribution in [0.1, 0.15) is 5.56 Å². The second kappa shape index (κ2) is 9.96. The fourth-order valence-electron chi connectivity index (χ4n) is 3.12. The monoisotopic (exact) mass is 461 g/mol. The van der Waals surface area contributed by atoms with Gasteiger partial charge in [0, 0.05) is 23.4 Å². The van der Waals surface area contributed by atoms with Crippen molar-refractivity contribution >= 4 is 29.0 Å². The van der Waals surface area contributed by atoms with Gasteiger partial charge in [0.25, 0.3) is 5.69 Å². The minimum atomic E-state index is -0.493. The number of aromatic hydroxyl groups is 1. The standard InChI is InChI=1S/C23H19N5O4S/c29-20-12-6-17(7-13-20)22-25-26-23(27(22)14-16-4-2-1-3-5-16)33-15-21(30)24-18-8-10-19(11-9-18)28(31)32/h1-13,29H,14-15H2,(H,24,30). The van der Waals surface area contributed by atoms with Crippen molar-refractivity contribution in [3.63, 3.8) is 0 Å². The quantitative estimate of drug-likeness (QED) is 0.227. The summed E-state index contributed by atoms with van der Waals surface area (Å²) in [6, 6.07) is 22.2. The van der Waals surface area contributed by atoms with E-state index in [4.69, 9.17) is 0 Å². The van der Waals surface area contributed by atoms with E-state index >= 15 is 0 Å². The minimum absolute atomic E-state index is 0.0434. The molecule has 0 aliphatic heterocycles. The normalized spacial score (nSPS) is 10.7. The highest BCUT2D eigenvalue weighted by Gasteiger charge is 2.16. The molecule has 2 N–H and O–H groups in total. The van der Waals surface area contributed by atoms with Gasteiger partial charge in [-0.1, -0.05) is 42.1 Å². The summed E-state index contributed by atoms with van der Waals surface area (Å²) in [5.74, 6) is 0.594. The molecule has 0 bridgehead atoms. The number of phenolic OH excluding ortho intramolecular Hbond substituents is 1. The number of nitro benzene ring substituents is 1. The number of nitrogens with zero attached hydrogens (tertiary/aromatic N) is 4. The molecule has 1 aromatic heterocycles. The number of thioether (sulfide) groups is 1. The maximum Gasteiger partial charge on any atom is 0.269 e. The van der Waals surface area contributed by atoms with E-state index in [-0.39, 0.29) is 23.1 Å². The third kappa shape index (κ3) is 5.55. The van der Waals surface area contributed by atoms with E-state index in [0.717, 1.165) is 11.1 Å². The Hall–Kier alpha value is -4.18. The van der Waals surface area contributed by atoms with Gasteiger partial charge >= 0.3 is 0 Å². The van der Waals surface area contributed by atoms with Gasteiger partial charge in [-0.3, -0.25) is 19.5 Å². The molecule has 0 spiro atoms. The molecular weight excluding hydrogens is 442 g/mol. The first-order chi connectivity index (χ1) is 16.0. The van der Waals surface area contributed by atoms with Gasteiger partial charge in [0.2, 0.25) is 5.91 Å². The van der Waals surface area contributed by atoms with Crippen molar-refractivity contribution in [3.05, 3.63) is 94.5 Å². The molecule has 0 aliphatic carbocycles. The highest BCUT2D eigenvalue weighted by Crippen LogP contribution is 2.26. The molecule has 4 rings (SSSR count). The number of carbonyl (C=O) groups is 1. The van der Waals surface area contributed by atoms with Crippen LogP contribution in [-0.4, -0.2) is 36.5 Å². The van der Waals surface area contributed by atoms with Crippen molar-refractivity contribution in [2.45, 2.75) is 11.7 Å². The van der Waals surface area contributed by atoms with Crippen molar-refractivity contribution < 1.29 is 14.8 Å². The molecule has 1 heterocycles. The SMILES string of the molecule is O=C(CSc1nnc(-c2ccc(O)cc2)n1Cc1ccccc1)Nc1ccc([N+](=O)[O-])cc1. The number of benzene rings is 3. The van der Waals surface area contributed by atoms with Gasteiger partial charge in [0.05, 0.1) is 17.2 Å². The van der Waals surface area contributed by atoms with Crippen LogP contribution in [0.25, 0.3) is 11.4 Å². The lowest BCUT2D eigenvalue weighted by Gasteiger charge is -2.11. The largest absolute Gasteiger partial charge is 0.508 e. The van der Waals surface area contributed by atoms with Gasteiger partial charge in [0.1, 0.15) is 5.75 Å². The average molecular weight is 462 g/mol. The van der Waals surface area contributed by atoms with Gasteiger partial charge in [-0.2, -0.15) is 0 Å². The Balaban J connectivity index is 1.51. The lowest BCUT2D eigenvalue weighted by atomic mass is 10.2. The zero-order valence-corrected chi connectivity index (χ0v) is 18.1. The Morgan fingerprint density at radius 2 is 1.70 bits per heavy atom. The fourth-order valence-corrected chi connectivity index (χ4v) is 3.86. The third-order valence-electron chi connectivity index (χ3n) is 4.72. The first-order valence-corrected chi connectivity index (χ1v) is 10.9. The Labute approximate surface area is 193 Å². The van der Waals surface area contributed by atoms with Crippen LogP contribution in [0.15, 0.2) is 84.0 Å². The predicted molar refractivity (Wildman–Crippen MR) is 125 cm³/mol. The average Bonchev–Trinajstić information content (AvgIpc) is 3.21. The van der Waals surface area contributed by atoms with Crippen molar-refractivity contribution in [2.24, 2.45) is 0 Å². The van der Waals surface area contributed by atoms with Crippen LogP contribution >= 0.6 is 11.8 Å². The van der Waals surface area contributed by atoms with Crippen LogP contribution < -0.4 is 5.32 Å². The number of aromatic nitrogens is 3. The third-order valence-corrected chi connectivity index (χ3v) is 5.69. The zero-order chi connectivity index (χ0) is 23.2. The summed E-state index contributed by atoms with van der Waals surface area (Å²) in [4.78, 5) is 22.7. The van der Waals surface area contributed by atoms with Crippen LogP contribution in [-0.2, 0) is 11.3 Å². The molecule has 0 fully saturated rings. The summed E-state index contributed by atoms with van der Waals surface area (Å²) in [5.41, 5.74) is 2.27. The van der Waals surface area contributed by atoms with Crippen molar-refractivity contribution in [2.75, 3.05) is 11.1 Å². The highest BCUT2D eigenvalue weighted by molar-refractivity contribution is 7.99. The Bertz CT molecular complexity index is 1260. The molecule has 0 saturated heterocycles. The lowest BCUT2D eigenvalue weighted by molar-refractivity contribution is -0.384. The van der Waals surface area contributed by atoms with Gasteiger partial charge in [0.15, 0.2) is 11.0 Å². The van der Waals surface area contributed by atoms with E-state index in [1.54, 1.807) is 24.3 Å². The molecular formula is C23H19N5O4S. The first-order valence-electron chi connectivity index (χ1n) is 9.93. The molecule has 1 amide bonds. The number of amides is 1. The van der Waals surface area contributed by atoms with E-state index in [2.05, 4.69) is 15.5 Å². The molecule has 10 heteroatoms. The number of carbonyl (C=O) groups excluding carboxylic acids is 1. The van der Waals surface area contributed by atoms with E-state index in [9.17, 15) is 20.0 Å².